The molecule has 0 unspecified atom stereocenters. The molecular formula is C17H10FNO2. The maximum absolute atomic E-state index is 13.3. The summed E-state index contributed by atoms with van der Waals surface area (Å²) in [5.74, 6) is -0.524. The van der Waals surface area contributed by atoms with Crippen LogP contribution < -0.4 is 0 Å². The number of carbonyl (C=O) groups excluding carboxylic acids is 1. The van der Waals surface area contributed by atoms with Crippen LogP contribution in [0.15, 0.2) is 46.9 Å². The lowest BCUT2D eigenvalue weighted by Crippen LogP contribution is -2.01. The second kappa shape index (κ2) is 4.88. The average Bonchev–Trinajstić information content (AvgIpc) is 2.83. The zero-order valence-corrected chi connectivity index (χ0v) is 11.2. The Morgan fingerprint density at radius 1 is 1.24 bits per heavy atom. The van der Waals surface area contributed by atoms with Crippen LogP contribution in [0.4, 0.5) is 4.39 Å². The minimum absolute atomic E-state index is 0.172. The summed E-state index contributed by atoms with van der Waals surface area (Å²) in [7, 11) is 0. The van der Waals surface area contributed by atoms with Crippen LogP contribution in [0.3, 0.4) is 0 Å². The second-order valence-electron chi connectivity index (χ2n) is 4.72. The number of furan rings is 1. The van der Waals surface area contributed by atoms with Gasteiger partial charge in [0.25, 0.3) is 0 Å². The fourth-order valence-electron chi connectivity index (χ4n) is 2.27. The van der Waals surface area contributed by atoms with Gasteiger partial charge in [-0.2, -0.15) is 5.26 Å². The molecule has 0 radical (unpaired) electrons. The number of rotatable bonds is 2. The van der Waals surface area contributed by atoms with Crippen molar-refractivity contribution in [2.45, 2.75) is 6.92 Å². The van der Waals surface area contributed by atoms with Crippen molar-refractivity contribution in [3.8, 4) is 6.07 Å². The van der Waals surface area contributed by atoms with Gasteiger partial charge < -0.3 is 4.42 Å². The summed E-state index contributed by atoms with van der Waals surface area (Å²) in [6.45, 7) is 1.71. The van der Waals surface area contributed by atoms with E-state index in [9.17, 15) is 9.18 Å². The maximum Gasteiger partial charge on any atom is 0.228 e. The Hall–Kier alpha value is -2.93. The number of nitrogens with zero attached hydrogens (tertiary/aromatic N) is 1. The molecule has 4 heteroatoms. The van der Waals surface area contributed by atoms with Crippen LogP contribution in [-0.4, -0.2) is 5.78 Å². The zero-order valence-electron chi connectivity index (χ0n) is 11.2. The van der Waals surface area contributed by atoms with Gasteiger partial charge in [0.2, 0.25) is 5.78 Å². The lowest BCUT2D eigenvalue weighted by atomic mass is 10.0. The van der Waals surface area contributed by atoms with Crippen LogP contribution in [-0.2, 0) is 0 Å². The van der Waals surface area contributed by atoms with Crippen molar-refractivity contribution < 1.29 is 13.6 Å². The van der Waals surface area contributed by atoms with Crippen LogP contribution in [0.25, 0.3) is 11.0 Å². The molecule has 0 bridgehead atoms. The van der Waals surface area contributed by atoms with Crippen molar-refractivity contribution in [2.24, 2.45) is 0 Å². The molecule has 0 spiro atoms. The summed E-state index contributed by atoms with van der Waals surface area (Å²) in [6.07, 6.45) is 0. The number of ketones is 1. The van der Waals surface area contributed by atoms with E-state index in [4.69, 9.17) is 9.68 Å². The molecule has 1 aromatic heterocycles. The van der Waals surface area contributed by atoms with Gasteiger partial charge in [0, 0.05) is 16.5 Å². The average molecular weight is 279 g/mol. The van der Waals surface area contributed by atoms with Crippen molar-refractivity contribution in [3.05, 3.63) is 70.7 Å². The minimum atomic E-state index is -0.378. The lowest BCUT2D eigenvalue weighted by Gasteiger charge is -1.99. The minimum Gasteiger partial charge on any atom is -0.452 e. The second-order valence-corrected chi connectivity index (χ2v) is 4.72. The molecule has 0 saturated heterocycles. The first kappa shape index (κ1) is 13.1. The highest BCUT2D eigenvalue weighted by Crippen LogP contribution is 2.27. The van der Waals surface area contributed by atoms with Gasteiger partial charge in [0.15, 0.2) is 5.76 Å². The molecule has 102 valence electrons. The van der Waals surface area contributed by atoms with Gasteiger partial charge in [-0.15, -0.1) is 0 Å². The van der Waals surface area contributed by atoms with Crippen molar-refractivity contribution in [1.82, 2.24) is 0 Å². The van der Waals surface area contributed by atoms with Crippen molar-refractivity contribution in [3.63, 3.8) is 0 Å². The van der Waals surface area contributed by atoms with Crippen LogP contribution in [0.2, 0.25) is 0 Å². The van der Waals surface area contributed by atoms with E-state index in [-0.39, 0.29) is 17.4 Å². The van der Waals surface area contributed by atoms with Crippen molar-refractivity contribution >= 4 is 16.8 Å². The monoisotopic (exact) mass is 279 g/mol. The molecule has 0 atom stereocenters. The fourth-order valence-corrected chi connectivity index (χ4v) is 2.27. The lowest BCUT2D eigenvalue weighted by molar-refractivity contribution is 0.101. The van der Waals surface area contributed by atoms with E-state index >= 15 is 0 Å². The van der Waals surface area contributed by atoms with E-state index in [0.717, 1.165) is 0 Å². The number of carbonyl (C=O) groups is 1. The van der Waals surface area contributed by atoms with Crippen LogP contribution in [0.1, 0.15) is 27.2 Å². The van der Waals surface area contributed by atoms with Gasteiger partial charge in [-0.3, -0.25) is 4.79 Å². The zero-order chi connectivity index (χ0) is 15.0. The topological polar surface area (TPSA) is 54.0 Å². The molecule has 0 fully saturated rings. The molecule has 0 aliphatic heterocycles. The summed E-state index contributed by atoms with van der Waals surface area (Å²) in [4.78, 5) is 12.5. The molecule has 0 amide bonds. The van der Waals surface area contributed by atoms with Crippen LogP contribution in [0.5, 0.6) is 0 Å². The Labute approximate surface area is 120 Å². The maximum atomic E-state index is 13.3. The quantitative estimate of drug-likeness (QED) is 0.667. The van der Waals surface area contributed by atoms with E-state index < -0.39 is 0 Å². The van der Waals surface area contributed by atoms with Gasteiger partial charge in [0.05, 0.1) is 11.6 Å². The van der Waals surface area contributed by atoms with Crippen LogP contribution >= 0.6 is 0 Å². The van der Waals surface area contributed by atoms with E-state index in [2.05, 4.69) is 0 Å². The van der Waals surface area contributed by atoms with Crippen molar-refractivity contribution in [2.75, 3.05) is 0 Å². The number of fused-ring (bicyclic) bond motifs is 1. The first-order valence-electron chi connectivity index (χ1n) is 6.33. The van der Waals surface area contributed by atoms with Gasteiger partial charge >= 0.3 is 0 Å². The molecule has 21 heavy (non-hydrogen) atoms. The predicted molar refractivity (Wildman–Crippen MR) is 75.5 cm³/mol. The summed E-state index contributed by atoms with van der Waals surface area (Å²) in [6, 6.07) is 12.5. The third-order valence-electron chi connectivity index (χ3n) is 3.36. The molecule has 0 N–H and O–H groups in total. The Morgan fingerprint density at radius 2 is 2.05 bits per heavy atom. The number of nitriles is 1. The molecule has 3 rings (SSSR count). The molecule has 2 aromatic carbocycles. The first-order chi connectivity index (χ1) is 10.1. The van der Waals surface area contributed by atoms with Gasteiger partial charge in [-0.1, -0.05) is 12.1 Å². The third-order valence-corrected chi connectivity index (χ3v) is 3.36. The molecule has 1 heterocycles. The highest BCUT2D eigenvalue weighted by atomic mass is 19.1. The molecule has 0 saturated carbocycles. The molecule has 0 aliphatic carbocycles. The summed E-state index contributed by atoms with van der Waals surface area (Å²) < 4.78 is 18.8. The molecule has 0 aliphatic rings. The highest BCUT2D eigenvalue weighted by molar-refractivity contribution is 6.10. The Kier molecular flexibility index (Phi) is 3.03. The number of aryl methyl sites for hydroxylation is 1. The smallest absolute Gasteiger partial charge is 0.228 e. The number of halogens is 1. The Bertz CT molecular complexity index is 903. The molecular weight excluding hydrogens is 269 g/mol. The fraction of sp³-hybridized carbons (Fsp3) is 0.0588. The summed E-state index contributed by atoms with van der Waals surface area (Å²) in [5, 5.41) is 9.47. The van der Waals surface area contributed by atoms with Gasteiger partial charge in [-0.05, 0) is 37.3 Å². The van der Waals surface area contributed by atoms with E-state index in [1.165, 1.54) is 24.3 Å². The normalized spacial score (nSPS) is 10.5. The summed E-state index contributed by atoms with van der Waals surface area (Å²) in [5.41, 5.74) is 1.84. The third kappa shape index (κ3) is 2.19. The standard InChI is InChI=1S/C17H10FNO2/c1-10-14-8-13(18)5-6-15(14)21-17(10)16(20)12-4-2-3-11(7-12)9-19/h2-8H,1H3. The largest absolute Gasteiger partial charge is 0.452 e. The Balaban J connectivity index is 2.13. The number of hydrogen-bond acceptors (Lipinski definition) is 3. The van der Waals surface area contributed by atoms with E-state index in [0.29, 0.717) is 27.7 Å². The van der Waals surface area contributed by atoms with E-state index in [1.807, 2.05) is 6.07 Å². The highest BCUT2D eigenvalue weighted by Gasteiger charge is 2.19. The van der Waals surface area contributed by atoms with Gasteiger partial charge in [0.1, 0.15) is 11.4 Å². The SMILES string of the molecule is Cc1c(C(=O)c2cccc(C#N)c2)oc2ccc(F)cc12. The van der Waals surface area contributed by atoms with E-state index in [1.54, 1.807) is 25.1 Å². The van der Waals surface area contributed by atoms with Crippen molar-refractivity contribution in [1.29, 1.82) is 5.26 Å². The van der Waals surface area contributed by atoms with Crippen LogP contribution in [0, 0.1) is 24.1 Å². The molecule has 3 nitrogen and oxygen atoms in total. The number of benzene rings is 2. The number of hydrogen-bond donors (Lipinski definition) is 0. The summed E-state index contributed by atoms with van der Waals surface area (Å²) >= 11 is 0. The Morgan fingerprint density at radius 3 is 2.81 bits per heavy atom. The predicted octanol–water partition coefficient (Wildman–Crippen LogP) is 3.98. The first-order valence-corrected chi connectivity index (χ1v) is 6.33. The molecule has 3 aromatic rings. The van der Waals surface area contributed by atoms with Gasteiger partial charge in [-0.25, -0.2) is 4.39 Å².